The molecular formula is C14H16F4N4O3. The van der Waals surface area contributed by atoms with Gasteiger partial charge in [0.1, 0.15) is 17.4 Å². The molecule has 2 rings (SSSR count). The van der Waals surface area contributed by atoms with Crippen LogP contribution >= 0.6 is 0 Å². The van der Waals surface area contributed by atoms with Crippen LogP contribution in [0.2, 0.25) is 0 Å². The van der Waals surface area contributed by atoms with Gasteiger partial charge in [-0.2, -0.15) is 13.2 Å². The summed E-state index contributed by atoms with van der Waals surface area (Å²) in [5.41, 5.74) is -1.30. The van der Waals surface area contributed by atoms with E-state index in [1.165, 1.54) is 4.90 Å². The third kappa shape index (κ3) is 4.86. The number of rotatable bonds is 5. The Morgan fingerprint density at radius 1 is 1.36 bits per heavy atom. The lowest BCUT2D eigenvalue weighted by atomic mass is 10.1. The monoisotopic (exact) mass is 364 g/mol. The fourth-order valence-corrected chi connectivity index (χ4v) is 2.58. The summed E-state index contributed by atoms with van der Waals surface area (Å²) in [7, 11) is 0. The maximum absolute atomic E-state index is 13.2. The fourth-order valence-electron chi connectivity index (χ4n) is 2.58. The van der Waals surface area contributed by atoms with Crippen LogP contribution in [0.5, 0.6) is 0 Å². The number of carbonyl (C=O) groups is 1. The Morgan fingerprint density at radius 2 is 2.00 bits per heavy atom. The maximum Gasteiger partial charge on any atom is 0.405 e. The lowest BCUT2D eigenvalue weighted by molar-refractivity contribution is -0.385. The van der Waals surface area contributed by atoms with Gasteiger partial charge in [-0.15, -0.1) is 0 Å². The van der Waals surface area contributed by atoms with Crippen molar-refractivity contribution in [1.29, 1.82) is 0 Å². The van der Waals surface area contributed by atoms with E-state index >= 15 is 0 Å². The molecule has 1 unspecified atom stereocenters. The van der Waals surface area contributed by atoms with Crippen LogP contribution in [0.1, 0.15) is 10.4 Å². The Bertz CT molecular complexity index is 647. The number of nitrogens with zero attached hydrogens (tertiary/aromatic N) is 2. The molecular weight excluding hydrogens is 348 g/mol. The zero-order valence-corrected chi connectivity index (χ0v) is 13.0. The Morgan fingerprint density at radius 3 is 2.56 bits per heavy atom. The molecule has 0 saturated carbocycles. The number of nitro benzene ring substituents is 1. The average molecular weight is 364 g/mol. The first-order chi connectivity index (χ1) is 11.7. The van der Waals surface area contributed by atoms with Crippen molar-refractivity contribution in [3.8, 4) is 0 Å². The first-order valence-corrected chi connectivity index (χ1v) is 7.44. The van der Waals surface area contributed by atoms with Crippen molar-refractivity contribution in [3.63, 3.8) is 0 Å². The highest BCUT2D eigenvalue weighted by Crippen LogP contribution is 2.25. The number of nitro groups is 1. The van der Waals surface area contributed by atoms with E-state index in [1.807, 2.05) is 0 Å². The first-order valence-electron chi connectivity index (χ1n) is 7.44. The van der Waals surface area contributed by atoms with Gasteiger partial charge in [-0.1, -0.05) is 0 Å². The van der Waals surface area contributed by atoms with Crippen LogP contribution < -0.4 is 10.6 Å². The molecule has 0 spiro atoms. The number of benzene rings is 1. The van der Waals surface area contributed by atoms with Gasteiger partial charge < -0.3 is 10.6 Å². The molecule has 11 heteroatoms. The first kappa shape index (κ1) is 19.1. The Kier molecular flexibility index (Phi) is 5.90. The summed E-state index contributed by atoms with van der Waals surface area (Å²) in [6.45, 7) is 0.359. The van der Waals surface area contributed by atoms with Crippen molar-refractivity contribution in [2.75, 3.05) is 32.7 Å². The summed E-state index contributed by atoms with van der Waals surface area (Å²) >= 11 is 0. The summed E-state index contributed by atoms with van der Waals surface area (Å²) in [5.74, 6) is -1.98. The Labute approximate surface area is 140 Å². The molecule has 1 heterocycles. The molecule has 0 aliphatic carbocycles. The summed E-state index contributed by atoms with van der Waals surface area (Å²) < 4.78 is 52.8. The molecule has 25 heavy (non-hydrogen) atoms. The van der Waals surface area contributed by atoms with Crippen LogP contribution in [-0.2, 0) is 0 Å². The van der Waals surface area contributed by atoms with E-state index in [-0.39, 0.29) is 13.1 Å². The topological polar surface area (TPSA) is 87.5 Å². The Hall–Kier alpha value is -2.27. The average Bonchev–Trinajstić information content (AvgIpc) is 2.54. The molecule has 1 fully saturated rings. The van der Waals surface area contributed by atoms with E-state index in [2.05, 4.69) is 10.6 Å². The van der Waals surface area contributed by atoms with Gasteiger partial charge in [-0.3, -0.25) is 19.8 Å². The minimum Gasteiger partial charge on any atom is -0.350 e. The van der Waals surface area contributed by atoms with Crippen molar-refractivity contribution < 1.29 is 27.3 Å². The van der Waals surface area contributed by atoms with Gasteiger partial charge in [0.25, 0.3) is 11.6 Å². The van der Waals surface area contributed by atoms with Crippen LogP contribution in [0.4, 0.5) is 23.2 Å². The van der Waals surface area contributed by atoms with E-state index in [9.17, 15) is 32.5 Å². The minimum atomic E-state index is -4.57. The zero-order valence-electron chi connectivity index (χ0n) is 13.0. The molecule has 2 N–H and O–H groups in total. The molecule has 138 valence electrons. The molecule has 1 amide bonds. The minimum absolute atomic E-state index is 0.163. The number of hydrogen-bond acceptors (Lipinski definition) is 5. The molecule has 1 atom stereocenters. The predicted octanol–water partition coefficient (Wildman–Crippen LogP) is 1.30. The second-order valence-corrected chi connectivity index (χ2v) is 5.47. The van der Waals surface area contributed by atoms with Gasteiger partial charge in [0.2, 0.25) is 0 Å². The highest BCUT2D eigenvalue weighted by atomic mass is 19.4. The fraction of sp³-hybridized carbons (Fsp3) is 0.500. The molecule has 1 aromatic carbocycles. The number of carbonyl (C=O) groups excluding carboxylic acids is 1. The number of piperazine rings is 1. The van der Waals surface area contributed by atoms with Crippen LogP contribution in [0, 0.1) is 15.9 Å². The van der Waals surface area contributed by atoms with E-state index in [4.69, 9.17) is 0 Å². The van der Waals surface area contributed by atoms with E-state index in [1.54, 1.807) is 0 Å². The van der Waals surface area contributed by atoms with E-state index in [0.717, 1.165) is 12.1 Å². The van der Waals surface area contributed by atoms with Crippen molar-refractivity contribution in [2.45, 2.75) is 12.2 Å². The van der Waals surface area contributed by atoms with Crippen LogP contribution in [0.15, 0.2) is 18.2 Å². The lowest BCUT2D eigenvalue weighted by Gasteiger charge is -2.35. The van der Waals surface area contributed by atoms with E-state index < -0.39 is 46.7 Å². The third-order valence-electron chi connectivity index (χ3n) is 3.83. The van der Waals surface area contributed by atoms with Crippen LogP contribution in [0.3, 0.4) is 0 Å². The molecule has 1 aliphatic rings. The summed E-state index contributed by atoms with van der Waals surface area (Å²) in [6.07, 6.45) is -4.57. The molecule has 1 aliphatic heterocycles. The van der Waals surface area contributed by atoms with Crippen molar-refractivity contribution in [2.24, 2.45) is 0 Å². The smallest absolute Gasteiger partial charge is 0.350 e. The summed E-state index contributed by atoms with van der Waals surface area (Å²) in [4.78, 5) is 23.2. The normalized spacial score (nSPS) is 17.1. The number of amides is 1. The number of nitrogens with one attached hydrogen (secondary N) is 2. The second kappa shape index (κ2) is 7.74. The molecule has 7 nitrogen and oxygen atoms in total. The predicted molar refractivity (Wildman–Crippen MR) is 79.7 cm³/mol. The van der Waals surface area contributed by atoms with Gasteiger partial charge in [-0.25, -0.2) is 4.39 Å². The number of halogens is 4. The highest BCUT2D eigenvalue weighted by molar-refractivity contribution is 5.98. The molecule has 0 bridgehead atoms. The second-order valence-electron chi connectivity index (χ2n) is 5.47. The van der Waals surface area contributed by atoms with Crippen LogP contribution in [-0.4, -0.2) is 60.7 Å². The largest absolute Gasteiger partial charge is 0.405 e. The van der Waals surface area contributed by atoms with Crippen molar-refractivity contribution in [1.82, 2.24) is 15.5 Å². The summed E-state index contributed by atoms with van der Waals surface area (Å²) in [6, 6.07) is 0.348. The van der Waals surface area contributed by atoms with Gasteiger partial charge in [0.15, 0.2) is 0 Å². The maximum atomic E-state index is 13.2. The van der Waals surface area contributed by atoms with Crippen molar-refractivity contribution in [3.05, 3.63) is 39.7 Å². The third-order valence-corrected chi connectivity index (χ3v) is 3.83. The van der Waals surface area contributed by atoms with Gasteiger partial charge >= 0.3 is 6.18 Å². The number of alkyl halides is 3. The summed E-state index contributed by atoms with van der Waals surface area (Å²) in [5, 5.41) is 15.9. The molecule has 1 aromatic rings. The van der Waals surface area contributed by atoms with Crippen molar-refractivity contribution >= 4 is 11.6 Å². The SMILES string of the molecule is O=C(NCC(N1CCNCC1)C(F)(F)F)c1ccc(F)cc1[N+](=O)[O-]. The number of hydrogen-bond donors (Lipinski definition) is 2. The van der Waals surface area contributed by atoms with Gasteiger partial charge in [-0.05, 0) is 12.1 Å². The zero-order chi connectivity index (χ0) is 18.6. The molecule has 1 saturated heterocycles. The molecule has 0 radical (unpaired) electrons. The van der Waals surface area contributed by atoms with Gasteiger partial charge in [0, 0.05) is 32.7 Å². The quantitative estimate of drug-likeness (QED) is 0.467. The Balaban J connectivity index is 2.12. The highest BCUT2D eigenvalue weighted by Gasteiger charge is 2.44. The van der Waals surface area contributed by atoms with E-state index in [0.29, 0.717) is 19.2 Å². The van der Waals surface area contributed by atoms with Crippen LogP contribution in [0.25, 0.3) is 0 Å². The van der Waals surface area contributed by atoms with Gasteiger partial charge in [0.05, 0.1) is 11.0 Å². The lowest BCUT2D eigenvalue weighted by Crippen LogP contribution is -2.57. The molecule has 0 aromatic heterocycles. The standard InChI is InChI=1S/C14H16F4N4O3/c15-9-1-2-10(11(7-9)22(24)25)13(23)20-8-12(14(16,17)18)21-5-3-19-4-6-21/h1-2,7,12,19H,3-6,8H2,(H,20,23).